The Morgan fingerprint density at radius 3 is 3.00 bits per heavy atom. The number of nitrogens with zero attached hydrogens (tertiary/aromatic N) is 2. The number of nitrogens with one attached hydrogen (secondary N) is 2. The lowest BCUT2D eigenvalue weighted by atomic mass is 10.1. The van der Waals surface area contributed by atoms with Gasteiger partial charge < -0.3 is 14.3 Å². The van der Waals surface area contributed by atoms with Crippen LogP contribution in [0.2, 0.25) is 0 Å². The number of fused-ring (bicyclic) bond motifs is 1. The lowest BCUT2D eigenvalue weighted by Crippen LogP contribution is -2.25. The van der Waals surface area contributed by atoms with Gasteiger partial charge in [-0.15, -0.1) is 23.1 Å². The highest BCUT2D eigenvalue weighted by Gasteiger charge is 2.21. The van der Waals surface area contributed by atoms with E-state index in [0.717, 1.165) is 10.9 Å². The number of thioether (sulfide) groups is 1. The largest absolute Gasteiger partial charge is 0.451 e. The van der Waals surface area contributed by atoms with Crippen LogP contribution in [0.25, 0.3) is 11.0 Å². The summed E-state index contributed by atoms with van der Waals surface area (Å²) in [6, 6.07) is 11.8. The molecule has 6 nitrogen and oxygen atoms in total. The van der Waals surface area contributed by atoms with Crippen molar-refractivity contribution in [1.82, 2.24) is 20.1 Å². The Bertz CT molecular complexity index is 1160. The first kappa shape index (κ1) is 19.0. The molecule has 0 radical (unpaired) electrons. The van der Waals surface area contributed by atoms with Crippen molar-refractivity contribution in [1.29, 1.82) is 0 Å². The number of aromatic nitrogens is 3. The fraction of sp³-hybridized carbons (Fsp3) is 0.211. The number of benzene rings is 1. The fourth-order valence-electron chi connectivity index (χ4n) is 2.97. The van der Waals surface area contributed by atoms with Crippen LogP contribution in [0.3, 0.4) is 0 Å². The van der Waals surface area contributed by atoms with E-state index in [1.54, 1.807) is 23.1 Å². The molecule has 0 saturated heterocycles. The molecule has 3 heterocycles. The smallest absolute Gasteiger partial charge is 0.287 e. The molecule has 1 aromatic carbocycles. The third-order valence-corrected chi connectivity index (χ3v) is 6.79. The molecule has 4 aromatic rings. The molecule has 0 spiro atoms. The van der Waals surface area contributed by atoms with E-state index in [0.29, 0.717) is 34.2 Å². The number of rotatable bonds is 7. The topological polar surface area (TPSA) is 75.8 Å². The van der Waals surface area contributed by atoms with Crippen molar-refractivity contribution in [3.05, 3.63) is 63.7 Å². The summed E-state index contributed by atoms with van der Waals surface area (Å²) in [5.74, 6) is 1.44. The van der Waals surface area contributed by atoms with E-state index >= 15 is 0 Å². The maximum absolute atomic E-state index is 12.9. The van der Waals surface area contributed by atoms with Gasteiger partial charge in [-0.05, 0) is 36.7 Å². The summed E-state index contributed by atoms with van der Waals surface area (Å²) in [6.45, 7) is 2.94. The van der Waals surface area contributed by atoms with Crippen LogP contribution in [0.1, 0.15) is 28.9 Å². The Kier molecular flexibility index (Phi) is 5.65. The lowest BCUT2D eigenvalue weighted by molar-refractivity contribution is 0.0923. The Balaban J connectivity index is 1.58. The average molecular weight is 431 g/mol. The molecule has 9 heteroatoms. The van der Waals surface area contributed by atoms with Gasteiger partial charge >= 0.3 is 0 Å². The summed E-state index contributed by atoms with van der Waals surface area (Å²) in [5, 5.41) is 12.9. The summed E-state index contributed by atoms with van der Waals surface area (Å²) in [4.78, 5) is 12.9. The van der Waals surface area contributed by atoms with Gasteiger partial charge in [0.25, 0.3) is 5.91 Å². The highest BCUT2D eigenvalue weighted by atomic mass is 32.2. The predicted molar refractivity (Wildman–Crippen MR) is 114 cm³/mol. The quantitative estimate of drug-likeness (QED) is 0.319. The highest BCUT2D eigenvalue weighted by molar-refractivity contribution is 8.00. The number of carbonyl (C=O) groups excluding carboxylic acids is 1. The molecule has 0 fully saturated rings. The molecule has 0 bridgehead atoms. The Morgan fingerprint density at radius 1 is 1.36 bits per heavy atom. The summed E-state index contributed by atoms with van der Waals surface area (Å²) in [7, 11) is 0. The van der Waals surface area contributed by atoms with E-state index in [2.05, 4.69) is 21.6 Å². The lowest BCUT2D eigenvalue weighted by Gasteiger charge is -2.06. The summed E-state index contributed by atoms with van der Waals surface area (Å²) in [5.41, 5.74) is 1.62. The first-order valence-corrected chi connectivity index (χ1v) is 11.0. The zero-order valence-electron chi connectivity index (χ0n) is 15.1. The van der Waals surface area contributed by atoms with Gasteiger partial charge in [-0.1, -0.05) is 24.3 Å². The maximum Gasteiger partial charge on any atom is 0.287 e. The number of H-pyrrole nitrogens is 1. The molecule has 3 aromatic heterocycles. The van der Waals surface area contributed by atoms with E-state index in [4.69, 9.17) is 16.6 Å². The monoisotopic (exact) mass is 430 g/mol. The van der Waals surface area contributed by atoms with Crippen molar-refractivity contribution in [2.24, 2.45) is 0 Å². The predicted octanol–water partition coefficient (Wildman–Crippen LogP) is 4.99. The van der Waals surface area contributed by atoms with Crippen molar-refractivity contribution in [3.63, 3.8) is 0 Å². The summed E-state index contributed by atoms with van der Waals surface area (Å²) < 4.78 is 9.50. The fourth-order valence-corrected chi connectivity index (χ4v) is 5.06. The molecular weight excluding hydrogens is 412 g/mol. The van der Waals surface area contributed by atoms with Gasteiger partial charge in [0.2, 0.25) is 0 Å². The molecule has 1 amide bonds. The van der Waals surface area contributed by atoms with Crippen LogP contribution < -0.4 is 5.32 Å². The first-order valence-electron chi connectivity index (χ1n) is 8.76. The second-order valence-electron chi connectivity index (χ2n) is 6.00. The van der Waals surface area contributed by atoms with Crippen LogP contribution in [0.15, 0.2) is 50.4 Å². The van der Waals surface area contributed by atoms with Crippen LogP contribution in [-0.4, -0.2) is 20.7 Å². The number of furan rings is 1. The van der Waals surface area contributed by atoms with Crippen LogP contribution in [0.5, 0.6) is 0 Å². The second-order valence-corrected chi connectivity index (χ2v) is 8.61. The number of thiophene rings is 1. The SMILES string of the molecule is CCn1c(CNC(=O)c2oc3ccccc3c2CSc2cccs2)n[nH]c1=S. The number of hydrogen-bond acceptors (Lipinski definition) is 6. The normalized spacial score (nSPS) is 11.2. The van der Waals surface area contributed by atoms with Gasteiger partial charge in [0.1, 0.15) is 5.58 Å². The van der Waals surface area contributed by atoms with Crippen molar-refractivity contribution in [3.8, 4) is 0 Å². The van der Waals surface area contributed by atoms with Crippen molar-refractivity contribution >= 4 is 52.2 Å². The van der Waals surface area contributed by atoms with Gasteiger partial charge in [0.05, 0.1) is 10.8 Å². The zero-order chi connectivity index (χ0) is 19.5. The average Bonchev–Trinajstić information content (AvgIpc) is 3.43. The third kappa shape index (κ3) is 3.78. The van der Waals surface area contributed by atoms with Gasteiger partial charge in [-0.25, -0.2) is 0 Å². The van der Waals surface area contributed by atoms with E-state index in [9.17, 15) is 4.79 Å². The molecule has 4 rings (SSSR count). The van der Waals surface area contributed by atoms with Gasteiger partial charge in [0.15, 0.2) is 16.4 Å². The third-order valence-electron chi connectivity index (χ3n) is 4.32. The molecular formula is C19H18N4O2S3. The number of aromatic amines is 1. The number of hydrogen-bond donors (Lipinski definition) is 2. The van der Waals surface area contributed by atoms with Crippen LogP contribution >= 0.6 is 35.3 Å². The molecule has 0 atom stereocenters. The Hall–Kier alpha value is -2.36. The summed E-state index contributed by atoms with van der Waals surface area (Å²) in [6.07, 6.45) is 0. The van der Waals surface area contributed by atoms with Crippen molar-refractivity contribution in [2.75, 3.05) is 0 Å². The maximum atomic E-state index is 12.9. The second kappa shape index (κ2) is 8.34. The minimum absolute atomic E-state index is 0.255. The molecule has 144 valence electrons. The van der Waals surface area contributed by atoms with E-state index < -0.39 is 0 Å². The standard InChI is InChI=1S/C19H18N4O2S3/c1-2-23-15(21-22-19(23)26)10-20-18(24)17-13(11-28-16-8-5-9-27-16)12-6-3-4-7-14(12)25-17/h3-9H,2,10-11H2,1H3,(H,20,24)(H,22,26). The van der Waals surface area contributed by atoms with Gasteiger partial charge in [0, 0.05) is 23.2 Å². The Morgan fingerprint density at radius 2 is 2.21 bits per heavy atom. The van der Waals surface area contributed by atoms with Gasteiger partial charge in [-0.3, -0.25) is 9.89 Å². The van der Waals surface area contributed by atoms with Crippen molar-refractivity contribution in [2.45, 2.75) is 30.0 Å². The molecule has 0 aliphatic heterocycles. The van der Waals surface area contributed by atoms with Crippen molar-refractivity contribution < 1.29 is 9.21 Å². The molecule has 0 aliphatic carbocycles. The van der Waals surface area contributed by atoms with E-state index in [-0.39, 0.29) is 12.5 Å². The van der Waals surface area contributed by atoms with E-state index in [1.165, 1.54) is 4.21 Å². The Labute approximate surface area is 175 Å². The molecule has 0 saturated carbocycles. The van der Waals surface area contributed by atoms with Crippen LogP contribution in [0, 0.1) is 4.77 Å². The van der Waals surface area contributed by atoms with Gasteiger partial charge in [-0.2, -0.15) is 5.10 Å². The molecule has 0 unspecified atom stereocenters. The number of amides is 1. The molecule has 28 heavy (non-hydrogen) atoms. The summed E-state index contributed by atoms with van der Waals surface area (Å²) >= 11 is 8.58. The minimum atomic E-state index is -0.255. The zero-order valence-corrected chi connectivity index (χ0v) is 17.5. The first-order chi connectivity index (χ1) is 13.7. The van der Waals surface area contributed by atoms with Crippen LogP contribution in [0.4, 0.5) is 0 Å². The van der Waals surface area contributed by atoms with E-state index in [1.807, 2.05) is 47.2 Å². The number of carbonyl (C=O) groups is 1. The number of para-hydroxylation sites is 1. The van der Waals surface area contributed by atoms with Crippen LogP contribution in [-0.2, 0) is 18.8 Å². The molecule has 2 N–H and O–H groups in total. The molecule has 0 aliphatic rings. The minimum Gasteiger partial charge on any atom is -0.451 e. The highest BCUT2D eigenvalue weighted by Crippen LogP contribution is 2.33.